The first-order chi connectivity index (χ1) is 13.9. The molecule has 0 aromatic carbocycles. The number of aliphatic hydroxyl groups is 1. The minimum absolute atomic E-state index is 0. The van der Waals surface area contributed by atoms with Gasteiger partial charge < -0.3 is 26.2 Å². The molecular weight excluding hydrogens is 474 g/mol. The summed E-state index contributed by atoms with van der Waals surface area (Å²) >= 11 is 7.64. The molecule has 4 rings (SSSR count). The zero-order valence-corrected chi connectivity index (χ0v) is 20.9. The molecule has 31 heavy (non-hydrogen) atoms. The number of hydrogen-bond acceptors (Lipinski definition) is 8. The van der Waals surface area contributed by atoms with Gasteiger partial charge in [-0.3, -0.25) is 0 Å². The number of aromatic nitrogens is 2. The molecule has 0 saturated carbocycles. The van der Waals surface area contributed by atoms with E-state index in [-0.39, 0.29) is 51.2 Å². The molecule has 2 saturated heterocycles. The quantitative estimate of drug-likeness (QED) is 0.584. The van der Waals surface area contributed by atoms with Crippen molar-refractivity contribution in [2.45, 2.75) is 48.4 Å². The lowest BCUT2D eigenvalue weighted by molar-refractivity contribution is 0.0974. The van der Waals surface area contributed by atoms with Crippen LogP contribution in [0.15, 0.2) is 34.3 Å². The van der Waals surface area contributed by atoms with Gasteiger partial charge in [0.25, 0.3) is 0 Å². The number of ether oxygens (including phenoxy) is 1. The SMILES string of the molecule is C[C@@H]1OCC2(CCN(c3ccc(Sc4ccnc(N)c4Cl)nc3CO)CC2)[C@@H]1N.S.S. The number of nitrogen functional groups attached to an aromatic ring is 1. The van der Waals surface area contributed by atoms with E-state index in [9.17, 15) is 5.11 Å². The molecule has 2 fully saturated rings. The number of halogens is 1. The van der Waals surface area contributed by atoms with Crippen molar-refractivity contribution in [3.63, 3.8) is 0 Å². The Hall–Kier alpha value is -0.880. The molecule has 0 aliphatic carbocycles. The fraction of sp³-hybridized carbons (Fsp3) is 0.500. The number of rotatable bonds is 4. The van der Waals surface area contributed by atoms with E-state index in [2.05, 4.69) is 21.8 Å². The van der Waals surface area contributed by atoms with Crippen LogP contribution in [0.4, 0.5) is 11.5 Å². The molecular formula is C20H30ClN5O2S3. The summed E-state index contributed by atoms with van der Waals surface area (Å²) in [5.74, 6) is 0.293. The van der Waals surface area contributed by atoms with Crippen LogP contribution in [0.1, 0.15) is 25.5 Å². The Morgan fingerprint density at radius 2 is 2.00 bits per heavy atom. The summed E-state index contributed by atoms with van der Waals surface area (Å²) in [5.41, 5.74) is 13.9. The standard InChI is InChI=1S/C20H26ClN5O2S.2H2S/c1-12-18(22)20(11-28-12)5-8-26(9-6-20)14-2-3-16(25-13(14)10-27)29-15-4-7-24-19(23)17(15)21;;/h2-4,7,12,18,27H,5-6,8-11,22H2,1H3,(H2,23,24);2*1H2/t12-,18+;;/m0../s1. The van der Waals surface area contributed by atoms with Crippen LogP contribution >= 0.6 is 50.4 Å². The molecule has 172 valence electrons. The number of pyridine rings is 2. The zero-order chi connectivity index (χ0) is 20.6. The third-order valence-corrected chi connectivity index (χ3v) is 7.62. The Morgan fingerprint density at radius 3 is 2.61 bits per heavy atom. The third kappa shape index (κ3) is 5.21. The first-order valence-electron chi connectivity index (χ1n) is 9.74. The number of anilines is 2. The minimum atomic E-state index is -0.128. The summed E-state index contributed by atoms with van der Waals surface area (Å²) in [4.78, 5) is 11.7. The second-order valence-corrected chi connectivity index (χ2v) is 9.22. The van der Waals surface area contributed by atoms with Gasteiger partial charge in [0.2, 0.25) is 0 Å². The summed E-state index contributed by atoms with van der Waals surface area (Å²) in [6, 6.07) is 5.85. The van der Waals surface area contributed by atoms with Gasteiger partial charge in [-0.25, -0.2) is 9.97 Å². The monoisotopic (exact) mass is 503 g/mol. The number of hydrogen-bond donors (Lipinski definition) is 3. The molecule has 2 aliphatic rings. The Kier molecular flexibility index (Phi) is 9.21. The van der Waals surface area contributed by atoms with E-state index in [4.69, 9.17) is 27.8 Å². The lowest BCUT2D eigenvalue weighted by Gasteiger charge is -2.42. The van der Waals surface area contributed by atoms with Crippen LogP contribution in [0.5, 0.6) is 0 Å². The molecule has 0 bridgehead atoms. The van der Waals surface area contributed by atoms with Crippen molar-refractivity contribution in [2.75, 3.05) is 30.3 Å². The van der Waals surface area contributed by atoms with E-state index >= 15 is 0 Å². The molecule has 0 radical (unpaired) electrons. The second kappa shape index (κ2) is 10.8. The Morgan fingerprint density at radius 1 is 1.29 bits per heavy atom. The van der Waals surface area contributed by atoms with E-state index in [1.165, 1.54) is 11.8 Å². The van der Waals surface area contributed by atoms with Crippen molar-refractivity contribution in [3.05, 3.63) is 35.1 Å². The van der Waals surface area contributed by atoms with Crippen LogP contribution in [0.25, 0.3) is 0 Å². The largest absolute Gasteiger partial charge is 0.390 e. The van der Waals surface area contributed by atoms with Gasteiger partial charge in [-0.15, -0.1) is 0 Å². The van der Waals surface area contributed by atoms with E-state index < -0.39 is 0 Å². The average Bonchev–Trinajstić information content (AvgIpc) is 3.01. The Balaban J connectivity index is 0.00000171. The van der Waals surface area contributed by atoms with Crippen molar-refractivity contribution in [1.29, 1.82) is 0 Å². The molecule has 2 aromatic heterocycles. The normalized spacial score (nSPS) is 22.1. The molecule has 7 nitrogen and oxygen atoms in total. The van der Waals surface area contributed by atoms with Crippen molar-refractivity contribution in [3.8, 4) is 0 Å². The summed E-state index contributed by atoms with van der Waals surface area (Å²) < 4.78 is 5.81. The minimum Gasteiger partial charge on any atom is -0.390 e. The topological polar surface area (TPSA) is 111 Å². The van der Waals surface area contributed by atoms with Crippen LogP contribution in [-0.2, 0) is 11.3 Å². The highest BCUT2D eigenvalue weighted by molar-refractivity contribution is 7.99. The van der Waals surface area contributed by atoms with Gasteiger partial charge in [0.1, 0.15) is 10.8 Å². The molecule has 2 atom stereocenters. The van der Waals surface area contributed by atoms with Gasteiger partial charge in [-0.1, -0.05) is 23.4 Å². The van der Waals surface area contributed by atoms with E-state index in [1.807, 2.05) is 12.1 Å². The summed E-state index contributed by atoms with van der Waals surface area (Å²) in [5, 5.41) is 11.1. The fourth-order valence-corrected chi connectivity index (χ4v) is 5.30. The maximum atomic E-state index is 9.93. The van der Waals surface area contributed by atoms with Gasteiger partial charge in [0.05, 0.1) is 35.7 Å². The number of piperidine rings is 1. The smallest absolute Gasteiger partial charge is 0.143 e. The van der Waals surface area contributed by atoms with Crippen LogP contribution in [-0.4, -0.2) is 46.9 Å². The zero-order valence-electron chi connectivity index (χ0n) is 17.3. The van der Waals surface area contributed by atoms with Crippen molar-refractivity contribution < 1.29 is 9.84 Å². The Bertz CT molecular complexity index is 899. The molecule has 4 heterocycles. The third-order valence-electron chi connectivity index (χ3n) is 6.12. The molecule has 2 aromatic rings. The van der Waals surface area contributed by atoms with Crippen LogP contribution in [0.2, 0.25) is 5.02 Å². The summed E-state index contributed by atoms with van der Waals surface area (Å²) in [7, 11) is 0. The summed E-state index contributed by atoms with van der Waals surface area (Å²) in [6.45, 7) is 4.41. The van der Waals surface area contributed by atoms with Gasteiger partial charge in [-0.2, -0.15) is 27.0 Å². The van der Waals surface area contributed by atoms with Gasteiger partial charge in [-0.05, 0) is 38.0 Å². The summed E-state index contributed by atoms with van der Waals surface area (Å²) in [6.07, 6.45) is 3.69. The maximum absolute atomic E-state index is 9.93. The van der Waals surface area contributed by atoms with Crippen molar-refractivity contribution in [2.24, 2.45) is 11.1 Å². The average molecular weight is 504 g/mol. The molecule has 2 aliphatic heterocycles. The maximum Gasteiger partial charge on any atom is 0.143 e. The fourth-order valence-electron chi connectivity index (χ4n) is 4.23. The highest BCUT2D eigenvalue weighted by Crippen LogP contribution is 2.42. The van der Waals surface area contributed by atoms with Gasteiger partial charge >= 0.3 is 0 Å². The highest BCUT2D eigenvalue weighted by Gasteiger charge is 2.47. The second-order valence-electron chi connectivity index (χ2n) is 7.78. The van der Waals surface area contributed by atoms with Crippen LogP contribution < -0.4 is 16.4 Å². The first-order valence-corrected chi connectivity index (χ1v) is 10.9. The van der Waals surface area contributed by atoms with Crippen molar-refractivity contribution in [1.82, 2.24) is 9.97 Å². The van der Waals surface area contributed by atoms with Crippen LogP contribution in [0, 0.1) is 5.41 Å². The molecule has 0 unspecified atom stereocenters. The number of nitrogens with zero attached hydrogens (tertiary/aromatic N) is 3. The van der Waals surface area contributed by atoms with Gasteiger partial charge in [0.15, 0.2) is 0 Å². The van der Waals surface area contributed by atoms with Crippen molar-refractivity contribution >= 4 is 61.9 Å². The highest BCUT2D eigenvalue weighted by atomic mass is 35.5. The number of aliphatic hydroxyl groups excluding tert-OH is 1. The van der Waals surface area contributed by atoms with E-state index in [0.717, 1.165) is 48.1 Å². The molecule has 5 N–H and O–H groups in total. The predicted molar refractivity (Wildman–Crippen MR) is 136 cm³/mol. The van der Waals surface area contributed by atoms with E-state index in [1.54, 1.807) is 12.3 Å². The van der Waals surface area contributed by atoms with E-state index in [0.29, 0.717) is 16.5 Å². The molecule has 1 spiro atoms. The van der Waals surface area contributed by atoms with Gasteiger partial charge in [0, 0.05) is 35.6 Å². The predicted octanol–water partition coefficient (Wildman–Crippen LogP) is 2.91. The number of nitrogens with two attached hydrogens (primary N) is 2. The molecule has 0 amide bonds. The lowest BCUT2D eigenvalue weighted by Crippen LogP contribution is -2.50. The molecule has 11 heteroatoms. The first kappa shape index (κ1) is 26.4. The van der Waals surface area contributed by atoms with Crippen LogP contribution in [0.3, 0.4) is 0 Å². The lowest BCUT2D eigenvalue weighted by atomic mass is 9.73. The Labute approximate surface area is 206 Å².